The van der Waals surface area contributed by atoms with Crippen molar-refractivity contribution in [3.05, 3.63) is 21.9 Å². The Labute approximate surface area is 103 Å². The summed E-state index contributed by atoms with van der Waals surface area (Å²) in [5.74, 6) is 0. The summed E-state index contributed by atoms with van der Waals surface area (Å²) in [5.41, 5.74) is 0.264. The molecule has 0 aliphatic carbocycles. The van der Waals surface area contributed by atoms with E-state index >= 15 is 0 Å². The van der Waals surface area contributed by atoms with Crippen LogP contribution < -0.4 is 5.32 Å². The predicted molar refractivity (Wildman–Crippen MR) is 71.0 cm³/mol. The molecule has 1 aromatic rings. The normalized spacial score (nSPS) is 12.0. The lowest BCUT2D eigenvalue weighted by Crippen LogP contribution is -2.14. The highest BCUT2D eigenvalue weighted by Gasteiger charge is 2.15. The van der Waals surface area contributed by atoms with Crippen molar-refractivity contribution in [1.29, 1.82) is 0 Å². The van der Waals surface area contributed by atoms with Crippen LogP contribution in [0.25, 0.3) is 0 Å². The van der Waals surface area contributed by atoms with Gasteiger partial charge in [0.2, 0.25) is 0 Å². The molecule has 0 amide bonds. The van der Waals surface area contributed by atoms with Crippen LogP contribution in [0.1, 0.15) is 43.4 Å². The Morgan fingerprint density at radius 3 is 2.56 bits per heavy atom. The smallest absolute Gasteiger partial charge is 0.0431 e. The Bertz CT molecular complexity index is 301. The first-order valence-corrected chi connectivity index (χ1v) is 6.76. The predicted octanol–water partition coefficient (Wildman–Crippen LogP) is 2.91. The molecule has 0 saturated heterocycles. The van der Waals surface area contributed by atoms with E-state index < -0.39 is 0 Å². The lowest BCUT2D eigenvalue weighted by Gasteiger charge is -2.15. The molecule has 2 nitrogen and oxygen atoms in total. The van der Waals surface area contributed by atoms with Crippen molar-refractivity contribution >= 4 is 11.3 Å². The first-order chi connectivity index (χ1) is 7.54. The van der Waals surface area contributed by atoms with Crippen LogP contribution in [-0.4, -0.2) is 18.3 Å². The molecule has 1 heterocycles. The first kappa shape index (κ1) is 13.7. The van der Waals surface area contributed by atoms with Gasteiger partial charge in [0.15, 0.2) is 0 Å². The van der Waals surface area contributed by atoms with Crippen LogP contribution in [0.4, 0.5) is 0 Å². The van der Waals surface area contributed by atoms with Crippen molar-refractivity contribution in [3.63, 3.8) is 0 Å². The van der Waals surface area contributed by atoms with E-state index in [1.165, 1.54) is 9.75 Å². The van der Waals surface area contributed by atoms with E-state index in [0.717, 1.165) is 25.9 Å². The lowest BCUT2D eigenvalue weighted by atomic mass is 9.95. The summed E-state index contributed by atoms with van der Waals surface area (Å²) in [6.45, 7) is 8.98. The zero-order chi connectivity index (χ0) is 12.0. The summed E-state index contributed by atoms with van der Waals surface area (Å²) in [4.78, 5) is 2.84. The summed E-state index contributed by atoms with van der Waals surface area (Å²) in [6, 6.07) is 4.44. The first-order valence-electron chi connectivity index (χ1n) is 5.95. The molecule has 16 heavy (non-hydrogen) atoms. The number of aliphatic hydroxyl groups excluding tert-OH is 1. The van der Waals surface area contributed by atoms with Gasteiger partial charge in [-0.25, -0.2) is 0 Å². The molecule has 0 atom stereocenters. The quantitative estimate of drug-likeness (QED) is 0.751. The fraction of sp³-hybridized carbons (Fsp3) is 0.692. The third-order valence-electron chi connectivity index (χ3n) is 2.46. The summed E-state index contributed by atoms with van der Waals surface area (Å²) < 4.78 is 0. The van der Waals surface area contributed by atoms with E-state index in [1.807, 2.05) is 11.3 Å². The molecule has 1 rings (SSSR count). The Balaban J connectivity index is 2.30. The monoisotopic (exact) mass is 241 g/mol. The van der Waals surface area contributed by atoms with Crippen LogP contribution in [0.15, 0.2) is 12.1 Å². The molecule has 0 unspecified atom stereocenters. The van der Waals surface area contributed by atoms with Crippen molar-refractivity contribution in [2.45, 2.75) is 45.6 Å². The molecular weight excluding hydrogens is 218 g/mol. The highest BCUT2D eigenvalue weighted by atomic mass is 32.1. The van der Waals surface area contributed by atoms with Gasteiger partial charge in [-0.2, -0.15) is 0 Å². The van der Waals surface area contributed by atoms with Crippen LogP contribution in [0.2, 0.25) is 0 Å². The molecule has 0 aliphatic rings. The molecule has 1 aromatic heterocycles. The summed E-state index contributed by atoms with van der Waals surface area (Å²) >= 11 is 1.89. The van der Waals surface area contributed by atoms with Gasteiger partial charge in [-0.05, 0) is 36.9 Å². The molecule has 92 valence electrons. The number of unbranched alkanes of at least 4 members (excludes halogenated alkanes) is 1. The number of nitrogens with one attached hydrogen (secondary N) is 1. The number of hydrogen-bond acceptors (Lipinski definition) is 3. The van der Waals surface area contributed by atoms with Gasteiger partial charge in [-0.15, -0.1) is 11.3 Å². The van der Waals surface area contributed by atoms with Gasteiger partial charge in [-0.3, -0.25) is 0 Å². The standard InChI is InChI=1S/C13H23NOS/c1-13(2,3)12-7-6-11(16-12)10-14-8-4-5-9-15/h6-7,14-15H,4-5,8-10H2,1-3H3. The maximum absolute atomic E-state index is 8.65. The van der Waals surface area contributed by atoms with Gasteiger partial charge in [0.05, 0.1) is 0 Å². The molecule has 0 aromatic carbocycles. The fourth-order valence-corrected chi connectivity index (χ4v) is 2.48. The summed E-state index contributed by atoms with van der Waals surface area (Å²) in [5, 5.41) is 12.1. The van der Waals surface area contributed by atoms with Gasteiger partial charge in [0, 0.05) is 22.9 Å². The zero-order valence-corrected chi connectivity index (χ0v) is 11.4. The van der Waals surface area contributed by atoms with Gasteiger partial charge < -0.3 is 10.4 Å². The topological polar surface area (TPSA) is 32.3 Å². The Hall–Kier alpha value is -0.380. The molecule has 0 aliphatic heterocycles. The minimum atomic E-state index is 0.264. The Morgan fingerprint density at radius 2 is 2.00 bits per heavy atom. The molecule has 0 radical (unpaired) electrons. The second kappa shape index (κ2) is 6.38. The molecule has 0 spiro atoms. The minimum Gasteiger partial charge on any atom is -0.396 e. The lowest BCUT2D eigenvalue weighted by molar-refractivity contribution is 0.283. The Morgan fingerprint density at radius 1 is 1.25 bits per heavy atom. The fourth-order valence-electron chi connectivity index (χ4n) is 1.45. The summed E-state index contributed by atoms with van der Waals surface area (Å²) in [6.07, 6.45) is 1.94. The van der Waals surface area contributed by atoms with Crippen LogP contribution in [0.5, 0.6) is 0 Å². The van der Waals surface area contributed by atoms with Crippen molar-refractivity contribution in [2.24, 2.45) is 0 Å². The van der Waals surface area contributed by atoms with Crippen LogP contribution >= 0.6 is 11.3 Å². The van der Waals surface area contributed by atoms with Gasteiger partial charge >= 0.3 is 0 Å². The van der Waals surface area contributed by atoms with Gasteiger partial charge in [0.25, 0.3) is 0 Å². The van der Waals surface area contributed by atoms with E-state index in [0.29, 0.717) is 6.61 Å². The van der Waals surface area contributed by atoms with Crippen molar-refractivity contribution in [1.82, 2.24) is 5.32 Å². The van der Waals surface area contributed by atoms with Crippen molar-refractivity contribution in [2.75, 3.05) is 13.2 Å². The van der Waals surface area contributed by atoms with Gasteiger partial charge in [-0.1, -0.05) is 20.8 Å². The highest BCUT2D eigenvalue weighted by molar-refractivity contribution is 7.12. The number of rotatable bonds is 6. The van der Waals surface area contributed by atoms with Crippen molar-refractivity contribution in [3.8, 4) is 0 Å². The van der Waals surface area contributed by atoms with E-state index in [1.54, 1.807) is 0 Å². The maximum Gasteiger partial charge on any atom is 0.0431 e. The maximum atomic E-state index is 8.65. The number of thiophene rings is 1. The molecule has 0 bridgehead atoms. The van der Waals surface area contributed by atoms with E-state index in [-0.39, 0.29) is 5.41 Å². The SMILES string of the molecule is CC(C)(C)c1ccc(CNCCCCO)s1. The molecule has 3 heteroatoms. The van der Waals surface area contributed by atoms with Crippen LogP contribution in [0, 0.1) is 0 Å². The average Bonchev–Trinajstić information content (AvgIpc) is 2.65. The molecular formula is C13H23NOS. The van der Waals surface area contributed by atoms with Gasteiger partial charge in [0.1, 0.15) is 0 Å². The van der Waals surface area contributed by atoms with Crippen molar-refractivity contribution < 1.29 is 5.11 Å². The third kappa shape index (κ3) is 4.64. The Kier molecular flexibility index (Phi) is 5.46. The largest absolute Gasteiger partial charge is 0.396 e. The van der Waals surface area contributed by atoms with Crippen LogP contribution in [-0.2, 0) is 12.0 Å². The second-order valence-corrected chi connectivity index (χ2v) is 6.29. The molecule has 0 fully saturated rings. The average molecular weight is 241 g/mol. The number of aliphatic hydroxyl groups is 1. The highest BCUT2D eigenvalue weighted by Crippen LogP contribution is 2.29. The molecule has 0 saturated carbocycles. The molecule has 2 N–H and O–H groups in total. The second-order valence-electron chi connectivity index (χ2n) is 5.12. The van der Waals surface area contributed by atoms with E-state index in [2.05, 4.69) is 38.2 Å². The third-order valence-corrected chi connectivity index (χ3v) is 3.97. The number of hydrogen-bond donors (Lipinski definition) is 2. The van der Waals surface area contributed by atoms with Crippen LogP contribution in [0.3, 0.4) is 0 Å². The van der Waals surface area contributed by atoms with E-state index in [4.69, 9.17) is 5.11 Å². The van der Waals surface area contributed by atoms with E-state index in [9.17, 15) is 0 Å². The zero-order valence-electron chi connectivity index (χ0n) is 10.5. The minimum absolute atomic E-state index is 0.264. The summed E-state index contributed by atoms with van der Waals surface area (Å²) in [7, 11) is 0.